The minimum Gasteiger partial charge on any atom is -0.477 e. The van der Waals surface area contributed by atoms with Gasteiger partial charge >= 0.3 is 12.2 Å². The van der Waals surface area contributed by atoms with Gasteiger partial charge in [0, 0.05) is 56.5 Å². The summed E-state index contributed by atoms with van der Waals surface area (Å²) in [4.78, 5) is 34.5. The van der Waals surface area contributed by atoms with Gasteiger partial charge in [0.05, 0.1) is 11.4 Å². The Hall–Kier alpha value is -3.30. The zero-order chi connectivity index (χ0) is 30.8. The lowest BCUT2D eigenvalue weighted by Crippen LogP contribution is -2.54. The second kappa shape index (κ2) is 10.2. The van der Waals surface area contributed by atoms with Gasteiger partial charge in [0.25, 0.3) is 0 Å². The summed E-state index contributed by atoms with van der Waals surface area (Å²) in [6.45, 7) is 16.7. The van der Waals surface area contributed by atoms with Crippen LogP contribution in [-0.2, 0) is 22.1 Å². The molecule has 3 aliphatic rings. The molecule has 5 rings (SSSR count). The third-order valence-corrected chi connectivity index (χ3v) is 8.46. The van der Waals surface area contributed by atoms with Crippen molar-refractivity contribution in [3.63, 3.8) is 0 Å². The summed E-state index contributed by atoms with van der Waals surface area (Å²) in [5.74, 6) is 0.753. The van der Waals surface area contributed by atoms with E-state index in [2.05, 4.69) is 18.4 Å². The van der Waals surface area contributed by atoms with Crippen molar-refractivity contribution in [3.8, 4) is 17.0 Å². The first kappa shape index (κ1) is 30.2. The first-order valence-electron chi connectivity index (χ1n) is 14.9. The van der Waals surface area contributed by atoms with E-state index in [1.54, 1.807) is 11.0 Å². The van der Waals surface area contributed by atoms with Crippen LogP contribution in [0.2, 0.25) is 0 Å². The molecule has 9 nitrogen and oxygen atoms in total. The Morgan fingerprint density at radius 2 is 1.62 bits per heavy atom. The summed E-state index contributed by atoms with van der Waals surface area (Å²) in [6, 6.07) is 4.94. The highest BCUT2D eigenvalue weighted by Gasteiger charge is 2.50. The van der Waals surface area contributed by atoms with E-state index in [4.69, 9.17) is 19.2 Å². The molecule has 2 aromatic rings. The fourth-order valence-corrected chi connectivity index (χ4v) is 6.63. The highest BCUT2D eigenvalue weighted by molar-refractivity contribution is 5.74. The van der Waals surface area contributed by atoms with Crippen molar-refractivity contribution in [1.29, 1.82) is 0 Å². The van der Waals surface area contributed by atoms with Crippen LogP contribution >= 0.6 is 0 Å². The molecule has 1 spiro atoms. The number of carbonyl (C=O) groups is 2. The maximum atomic E-state index is 15.2. The number of benzene rings is 1. The molecule has 2 saturated heterocycles. The molecule has 0 bridgehead atoms. The van der Waals surface area contributed by atoms with Crippen molar-refractivity contribution in [3.05, 3.63) is 35.5 Å². The minimum atomic E-state index is -0.838. The predicted molar refractivity (Wildman–Crippen MR) is 157 cm³/mol. The van der Waals surface area contributed by atoms with Gasteiger partial charge in [-0.3, -0.25) is 0 Å². The molecule has 0 saturated carbocycles. The molecule has 1 aromatic carbocycles. The van der Waals surface area contributed by atoms with Crippen LogP contribution in [0.5, 0.6) is 5.75 Å². The fourth-order valence-electron chi connectivity index (χ4n) is 6.63. The Morgan fingerprint density at radius 1 is 1.00 bits per heavy atom. The Bertz CT molecular complexity index is 1380. The Labute approximate surface area is 248 Å². The molecule has 2 fully saturated rings. The topological polar surface area (TPSA) is 86.1 Å². The van der Waals surface area contributed by atoms with Crippen LogP contribution < -0.4 is 4.74 Å². The Balaban J connectivity index is 1.47. The summed E-state index contributed by atoms with van der Waals surface area (Å²) in [5, 5.41) is 0. The summed E-state index contributed by atoms with van der Waals surface area (Å²) >= 11 is 0. The molecule has 1 unspecified atom stereocenters. The van der Waals surface area contributed by atoms with Gasteiger partial charge in [0.1, 0.15) is 17.0 Å². The molecular formula is C32H45FN4O5. The van der Waals surface area contributed by atoms with Gasteiger partial charge in [-0.25, -0.2) is 19.0 Å². The van der Waals surface area contributed by atoms with E-state index in [1.165, 1.54) is 6.07 Å². The number of amides is 2. The van der Waals surface area contributed by atoms with Crippen LogP contribution in [0.3, 0.4) is 0 Å². The summed E-state index contributed by atoms with van der Waals surface area (Å²) in [5.41, 5.74) is -0.175. The van der Waals surface area contributed by atoms with E-state index < -0.39 is 28.2 Å². The maximum Gasteiger partial charge on any atom is 0.410 e. The highest BCUT2D eigenvalue weighted by atomic mass is 19.1. The molecule has 1 aromatic heterocycles. The lowest BCUT2D eigenvalue weighted by molar-refractivity contribution is -0.0269. The Kier molecular flexibility index (Phi) is 7.30. The summed E-state index contributed by atoms with van der Waals surface area (Å²) in [7, 11) is 2.00. The largest absolute Gasteiger partial charge is 0.477 e. The fraction of sp³-hybridized carbons (Fsp3) is 0.656. The number of aromatic nitrogens is 2. The van der Waals surface area contributed by atoms with E-state index in [-0.39, 0.29) is 23.9 Å². The number of imidazole rings is 1. The van der Waals surface area contributed by atoms with Crippen molar-refractivity contribution >= 4 is 12.2 Å². The van der Waals surface area contributed by atoms with Gasteiger partial charge in [0.2, 0.25) is 0 Å². The van der Waals surface area contributed by atoms with Gasteiger partial charge in [-0.1, -0.05) is 6.07 Å². The molecule has 0 radical (unpaired) electrons. The number of carbonyl (C=O) groups excluding carboxylic acids is 2. The van der Waals surface area contributed by atoms with Crippen LogP contribution in [0, 0.1) is 5.82 Å². The number of ether oxygens (including phenoxy) is 3. The van der Waals surface area contributed by atoms with E-state index in [1.807, 2.05) is 59.6 Å². The molecular weight excluding hydrogens is 539 g/mol. The normalized spacial score (nSPS) is 21.3. The number of halogens is 1. The number of piperidine rings is 2. The molecule has 4 heterocycles. The summed E-state index contributed by atoms with van der Waals surface area (Å²) < 4.78 is 35.2. The van der Waals surface area contributed by atoms with Crippen molar-refractivity contribution in [2.75, 3.05) is 19.6 Å². The highest BCUT2D eigenvalue weighted by Crippen LogP contribution is 2.51. The molecule has 0 N–H and O–H groups in total. The lowest BCUT2D eigenvalue weighted by Gasteiger charge is -2.46. The molecule has 230 valence electrons. The average Bonchev–Trinajstić information content (AvgIpc) is 3.21. The quantitative estimate of drug-likeness (QED) is 0.369. The van der Waals surface area contributed by atoms with Crippen LogP contribution in [0.15, 0.2) is 18.2 Å². The van der Waals surface area contributed by atoms with Crippen molar-refractivity contribution in [1.82, 2.24) is 19.4 Å². The van der Waals surface area contributed by atoms with E-state index in [0.717, 1.165) is 23.6 Å². The molecule has 42 heavy (non-hydrogen) atoms. The van der Waals surface area contributed by atoms with Gasteiger partial charge in [0.15, 0.2) is 17.2 Å². The first-order chi connectivity index (χ1) is 19.4. The average molecular weight is 585 g/mol. The molecule has 0 aliphatic carbocycles. The van der Waals surface area contributed by atoms with Gasteiger partial charge in [-0.15, -0.1) is 0 Å². The zero-order valence-corrected chi connectivity index (χ0v) is 26.5. The van der Waals surface area contributed by atoms with E-state index >= 15 is 4.39 Å². The number of likely N-dealkylation sites (tertiary alicyclic amines) is 2. The number of nitrogens with zero attached hydrogens (tertiary/aromatic N) is 4. The van der Waals surface area contributed by atoms with Gasteiger partial charge in [-0.2, -0.15) is 0 Å². The maximum absolute atomic E-state index is 15.2. The van der Waals surface area contributed by atoms with Crippen molar-refractivity contribution in [2.45, 2.75) is 109 Å². The van der Waals surface area contributed by atoms with Crippen LogP contribution in [0.4, 0.5) is 14.0 Å². The number of hydrogen-bond donors (Lipinski definition) is 0. The third kappa shape index (κ3) is 5.56. The second-order valence-electron chi connectivity index (χ2n) is 14.5. The van der Waals surface area contributed by atoms with Crippen molar-refractivity contribution < 1.29 is 28.2 Å². The van der Waals surface area contributed by atoms with Crippen LogP contribution in [0.25, 0.3) is 11.3 Å². The number of fused-ring (bicyclic) bond motifs is 4. The zero-order valence-electron chi connectivity index (χ0n) is 26.5. The predicted octanol–water partition coefficient (Wildman–Crippen LogP) is 6.74. The Morgan fingerprint density at radius 3 is 2.21 bits per heavy atom. The molecule has 10 heteroatoms. The SMILES string of the molecule is Cn1c(C2CCN(C(=O)OC(C)(C)C)C(C)(C)C2)nc2c1C1(CCN(C(=O)OC(C)(C)C)CC1)Oc1c(F)cccc1-2. The number of hydrogen-bond acceptors (Lipinski definition) is 6. The van der Waals surface area contributed by atoms with E-state index in [9.17, 15) is 9.59 Å². The minimum absolute atomic E-state index is 0.0743. The monoisotopic (exact) mass is 584 g/mol. The van der Waals surface area contributed by atoms with Gasteiger partial charge in [-0.05, 0) is 80.4 Å². The molecule has 1 atom stereocenters. The first-order valence-corrected chi connectivity index (χ1v) is 14.9. The smallest absolute Gasteiger partial charge is 0.410 e. The standard InChI is InChI=1S/C32H45FN4O5/c1-29(2,3)41-27(38)36-17-14-32(15-18-36)25-23(21-11-10-12-22(33)24(21)40-32)34-26(35(25)9)20-13-16-37(31(7,8)19-20)28(39)42-30(4,5)6/h10-12,20H,13-19H2,1-9H3. The second-order valence-corrected chi connectivity index (χ2v) is 14.5. The lowest BCUT2D eigenvalue weighted by atomic mass is 9.82. The van der Waals surface area contributed by atoms with Crippen LogP contribution in [-0.4, -0.2) is 67.9 Å². The van der Waals surface area contributed by atoms with E-state index in [0.29, 0.717) is 44.5 Å². The number of rotatable bonds is 1. The molecule has 2 amide bonds. The number of para-hydroxylation sites is 1. The van der Waals surface area contributed by atoms with Crippen LogP contribution in [0.1, 0.15) is 98.5 Å². The third-order valence-electron chi connectivity index (χ3n) is 8.46. The van der Waals surface area contributed by atoms with Gasteiger partial charge < -0.3 is 28.6 Å². The van der Waals surface area contributed by atoms with Crippen molar-refractivity contribution in [2.24, 2.45) is 7.05 Å². The summed E-state index contributed by atoms with van der Waals surface area (Å²) in [6.07, 6.45) is 1.72. The molecule has 3 aliphatic heterocycles.